The highest BCUT2D eigenvalue weighted by atomic mass is 19.4. The number of halogens is 3. The largest absolute Gasteiger partial charge is 0.418 e. The fraction of sp³-hybridized carbons (Fsp3) is 0.381. The molecule has 1 heterocycles. The second kappa shape index (κ2) is 7.83. The lowest BCUT2D eigenvalue weighted by Crippen LogP contribution is -2.44. The summed E-state index contributed by atoms with van der Waals surface area (Å²) < 4.78 is 41.0. The number of amides is 1. The molecule has 1 saturated heterocycles. The van der Waals surface area contributed by atoms with Gasteiger partial charge in [-0.25, -0.2) is 0 Å². The summed E-state index contributed by atoms with van der Waals surface area (Å²) in [5.41, 5.74) is 1.53. The minimum absolute atomic E-state index is 0.227. The summed E-state index contributed by atoms with van der Waals surface area (Å²) in [6.07, 6.45) is -4.56. The number of nitrogens with zero attached hydrogens (tertiary/aromatic N) is 2. The molecule has 4 nitrogen and oxygen atoms in total. The third kappa shape index (κ3) is 4.47. The molecule has 28 heavy (non-hydrogen) atoms. The molecule has 0 atom stereocenters. The van der Waals surface area contributed by atoms with E-state index >= 15 is 0 Å². The van der Waals surface area contributed by atoms with Crippen LogP contribution < -0.4 is 10.2 Å². The van der Waals surface area contributed by atoms with E-state index in [4.69, 9.17) is 0 Å². The number of rotatable bonds is 3. The highest BCUT2D eigenvalue weighted by Gasteiger charge is 2.35. The molecule has 2 aromatic carbocycles. The number of alkyl halides is 3. The molecular weight excluding hydrogens is 367 g/mol. The molecule has 7 heteroatoms. The van der Waals surface area contributed by atoms with E-state index in [1.54, 1.807) is 25.1 Å². The lowest BCUT2D eigenvalue weighted by molar-refractivity contribution is -0.136. The van der Waals surface area contributed by atoms with Crippen molar-refractivity contribution in [1.82, 2.24) is 4.90 Å². The van der Waals surface area contributed by atoms with Crippen molar-refractivity contribution in [3.63, 3.8) is 0 Å². The number of carbonyl (C=O) groups excluding carboxylic acids is 1. The minimum Gasteiger partial charge on any atom is -0.369 e. The maximum Gasteiger partial charge on any atom is 0.418 e. The summed E-state index contributed by atoms with van der Waals surface area (Å²) in [6, 6.07) is 9.34. The fourth-order valence-corrected chi connectivity index (χ4v) is 3.40. The Hall–Kier alpha value is -2.54. The number of aryl methyl sites for hydroxylation is 2. The van der Waals surface area contributed by atoms with Crippen molar-refractivity contribution < 1.29 is 18.0 Å². The number of piperazine rings is 1. The van der Waals surface area contributed by atoms with Gasteiger partial charge in [-0.05, 0) is 50.7 Å². The molecular formula is C21H24F3N3O. The summed E-state index contributed by atoms with van der Waals surface area (Å²) >= 11 is 0. The number of benzene rings is 2. The van der Waals surface area contributed by atoms with Crippen LogP contribution in [0.2, 0.25) is 0 Å². The number of nitrogens with one attached hydrogen (secondary N) is 1. The second-order valence-electron chi connectivity index (χ2n) is 7.29. The van der Waals surface area contributed by atoms with Crippen LogP contribution in [-0.4, -0.2) is 44.0 Å². The van der Waals surface area contributed by atoms with Gasteiger partial charge in [0.2, 0.25) is 0 Å². The van der Waals surface area contributed by atoms with E-state index in [2.05, 4.69) is 10.2 Å². The van der Waals surface area contributed by atoms with Gasteiger partial charge in [0.1, 0.15) is 0 Å². The molecule has 2 aromatic rings. The van der Waals surface area contributed by atoms with Gasteiger partial charge in [-0.3, -0.25) is 4.79 Å². The molecule has 0 radical (unpaired) electrons. The van der Waals surface area contributed by atoms with Gasteiger partial charge in [0.25, 0.3) is 5.91 Å². The summed E-state index contributed by atoms with van der Waals surface area (Å²) in [4.78, 5) is 16.6. The van der Waals surface area contributed by atoms with Crippen LogP contribution in [0.4, 0.5) is 24.5 Å². The molecule has 150 valence electrons. The molecule has 0 aromatic heterocycles. The highest BCUT2D eigenvalue weighted by Crippen LogP contribution is 2.37. The molecule has 0 saturated carbocycles. The fourth-order valence-electron chi connectivity index (χ4n) is 3.40. The maximum atomic E-state index is 13.7. The Bertz CT molecular complexity index is 872. The van der Waals surface area contributed by atoms with Crippen LogP contribution in [0.3, 0.4) is 0 Å². The molecule has 0 aliphatic carbocycles. The van der Waals surface area contributed by atoms with E-state index in [1.165, 1.54) is 6.07 Å². The summed E-state index contributed by atoms with van der Waals surface area (Å²) in [5, 5.41) is 2.45. The maximum absolute atomic E-state index is 13.7. The second-order valence-corrected chi connectivity index (χ2v) is 7.29. The molecule has 1 aliphatic heterocycles. The van der Waals surface area contributed by atoms with Crippen molar-refractivity contribution in [3.8, 4) is 0 Å². The molecule has 0 bridgehead atoms. The molecule has 1 aliphatic rings. The van der Waals surface area contributed by atoms with Crippen molar-refractivity contribution in [3.05, 3.63) is 58.7 Å². The van der Waals surface area contributed by atoms with Gasteiger partial charge in [-0.1, -0.05) is 17.7 Å². The van der Waals surface area contributed by atoms with Crippen LogP contribution >= 0.6 is 0 Å². The quantitative estimate of drug-likeness (QED) is 0.846. The molecule has 1 fully saturated rings. The van der Waals surface area contributed by atoms with Crippen molar-refractivity contribution in [2.24, 2.45) is 0 Å². The third-order valence-corrected chi connectivity index (χ3v) is 5.05. The summed E-state index contributed by atoms with van der Waals surface area (Å²) in [6.45, 7) is 6.60. The normalized spacial score (nSPS) is 15.6. The Morgan fingerprint density at radius 2 is 1.68 bits per heavy atom. The van der Waals surface area contributed by atoms with Gasteiger partial charge >= 0.3 is 6.18 Å². The Labute approximate surface area is 162 Å². The Balaban J connectivity index is 1.89. The average Bonchev–Trinajstić information content (AvgIpc) is 2.61. The average molecular weight is 391 g/mol. The van der Waals surface area contributed by atoms with E-state index < -0.39 is 17.6 Å². The molecule has 3 rings (SSSR count). The first-order chi connectivity index (χ1) is 13.1. The van der Waals surface area contributed by atoms with Crippen LogP contribution in [0.15, 0.2) is 36.4 Å². The first kappa shape index (κ1) is 20.2. The predicted octanol–water partition coefficient (Wildman–Crippen LogP) is 4.33. The van der Waals surface area contributed by atoms with Gasteiger partial charge < -0.3 is 15.1 Å². The summed E-state index contributed by atoms with van der Waals surface area (Å²) in [7, 11) is 1.99. The van der Waals surface area contributed by atoms with Gasteiger partial charge in [0.15, 0.2) is 0 Å². The standard InChI is InChI=1S/C21H24F3N3O/c1-14-4-6-17(15(2)12-14)20(28)25-19-7-5-16(13-18(19)21(22,23)24)27-10-8-26(3)9-11-27/h4-7,12-13H,8-11H2,1-3H3,(H,25,28). The van der Waals surface area contributed by atoms with Gasteiger partial charge in [-0.15, -0.1) is 0 Å². The Morgan fingerprint density at radius 1 is 1.00 bits per heavy atom. The molecule has 1 amide bonds. The van der Waals surface area contributed by atoms with Gasteiger partial charge in [0.05, 0.1) is 11.3 Å². The molecule has 0 spiro atoms. The zero-order chi connectivity index (χ0) is 20.5. The van der Waals surface area contributed by atoms with Crippen molar-refractivity contribution in [2.45, 2.75) is 20.0 Å². The minimum atomic E-state index is -4.56. The molecule has 1 N–H and O–H groups in total. The summed E-state index contributed by atoms with van der Waals surface area (Å²) in [5.74, 6) is -0.546. The van der Waals surface area contributed by atoms with Crippen LogP contribution in [0.5, 0.6) is 0 Å². The highest BCUT2D eigenvalue weighted by molar-refractivity contribution is 6.05. The lowest BCUT2D eigenvalue weighted by Gasteiger charge is -2.34. The van der Waals surface area contributed by atoms with Crippen LogP contribution in [0, 0.1) is 13.8 Å². The number of hydrogen-bond acceptors (Lipinski definition) is 3. The lowest BCUT2D eigenvalue weighted by atomic mass is 10.0. The van der Waals surface area contributed by atoms with Crippen LogP contribution in [0.25, 0.3) is 0 Å². The van der Waals surface area contributed by atoms with E-state index in [-0.39, 0.29) is 5.69 Å². The number of likely N-dealkylation sites (N-methyl/N-ethyl adjacent to an activating group) is 1. The Morgan fingerprint density at radius 3 is 2.29 bits per heavy atom. The van der Waals surface area contributed by atoms with Gasteiger partial charge in [-0.2, -0.15) is 13.2 Å². The van der Waals surface area contributed by atoms with Gasteiger partial charge in [0, 0.05) is 37.4 Å². The predicted molar refractivity (Wildman–Crippen MR) is 105 cm³/mol. The van der Waals surface area contributed by atoms with Crippen LogP contribution in [0.1, 0.15) is 27.0 Å². The van der Waals surface area contributed by atoms with E-state index in [9.17, 15) is 18.0 Å². The van der Waals surface area contributed by atoms with Crippen molar-refractivity contribution in [1.29, 1.82) is 0 Å². The van der Waals surface area contributed by atoms with Crippen molar-refractivity contribution >= 4 is 17.3 Å². The first-order valence-electron chi connectivity index (χ1n) is 9.18. The number of hydrogen-bond donors (Lipinski definition) is 1. The number of anilines is 2. The number of carbonyl (C=O) groups is 1. The first-order valence-corrected chi connectivity index (χ1v) is 9.18. The van der Waals surface area contributed by atoms with E-state index in [1.807, 2.05) is 24.9 Å². The topological polar surface area (TPSA) is 35.6 Å². The van der Waals surface area contributed by atoms with E-state index in [0.717, 1.165) is 30.3 Å². The van der Waals surface area contributed by atoms with Crippen LogP contribution in [-0.2, 0) is 6.18 Å². The smallest absolute Gasteiger partial charge is 0.369 e. The SMILES string of the molecule is Cc1ccc(C(=O)Nc2ccc(N3CCN(C)CC3)cc2C(F)(F)F)c(C)c1. The monoisotopic (exact) mass is 391 g/mol. The van der Waals surface area contributed by atoms with Crippen molar-refractivity contribution in [2.75, 3.05) is 43.4 Å². The molecule has 0 unspecified atom stereocenters. The Kier molecular flexibility index (Phi) is 5.65. The zero-order valence-corrected chi connectivity index (χ0v) is 16.2. The third-order valence-electron chi connectivity index (χ3n) is 5.05. The van der Waals surface area contributed by atoms with E-state index in [0.29, 0.717) is 24.3 Å². The zero-order valence-electron chi connectivity index (χ0n) is 16.2.